The van der Waals surface area contributed by atoms with Crippen LogP contribution in [-0.4, -0.2) is 30.5 Å². The van der Waals surface area contributed by atoms with Crippen molar-refractivity contribution in [1.82, 2.24) is 9.78 Å². The lowest BCUT2D eigenvalue weighted by Gasteiger charge is -2.26. The second kappa shape index (κ2) is 5.92. The molecule has 1 saturated heterocycles. The first-order valence-corrected chi connectivity index (χ1v) is 8.81. The number of alkyl halides is 2. The van der Waals surface area contributed by atoms with E-state index in [1.807, 2.05) is 19.4 Å². The zero-order valence-electron chi connectivity index (χ0n) is 12.6. The first-order chi connectivity index (χ1) is 10.9. The summed E-state index contributed by atoms with van der Waals surface area (Å²) in [5.74, 6) is -3.40. The van der Waals surface area contributed by atoms with Crippen molar-refractivity contribution in [2.75, 3.05) is 11.4 Å². The molecule has 3 rings (SSSR count). The molecular weight excluding hydrogens is 324 g/mol. The van der Waals surface area contributed by atoms with Crippen molar-refractivity contribution in [3.63, 3.8) is 0 Å². The third-order valence-electron chi connectivity index (χ3n) is 4.09. The Bertz CT molecular complexity index is 787. The van der Waals surface area contributed by atoms with Crippen molar-refractivity contribution >= 4 is 15.5 Å². The minimum atomic E-state index is -4.54. The zero-order chi connectivity index (χ0) is 16.6. The summed E-state index contributed by atoms with van der Waals surface area (Å²) in [4.78, 5) is 1.80. The molecule has 5 nitrogen and oxygen atoms in total. The number of anilines is 1. The summed E-state index contributed by atoms with van der Waals surface area (Å²) in [6.45, 7) is 0.834. The minimum Gasteiger partial charge on any atom is -0.364 e. The maximum absolute atomic E-state index is 12.6. The van der Waals surface area contributed by atoms with E-state index in [1.54, 1.807) is 16.8 Å². The van der Waals surface area contributed by atoms with Crippen molar-refractivity contribution in [2.24, 2.45) is 7.05 Å². The van der Waals surface area contributed by atoms with Crippen LogP contribution >= 0.6 is 0 Å². The van der Waals surface area contributed by atoms with E-state index in [9.17, 15) is 17.2 Å². The van der Waals surface area contributed by atoms with Crippen molar-refractivity contribution in [3.8, 4) is 0 Å². The van der Waals surface area contributed by atoms with Crippen LogP contribution in [-0.2, 0) is 16.9 Å². The van der Waals surface area contributed by atoms with Gasteiger partial charge in [0.15, 0.2) is 0 Å². The molecule has 0 N–H and O–H groups in total. The number of aromatic nitrogens is 2. The normalized spacial score (nSPS) is 18.8. The van der Waals surface area contributed by atoms with E-state index in [0.29, 0.717) is 0 Å². The average Bonchev–Trinajstić information content (AvgIpc) is 3.15. The van der Waals surface area contributed by atoms with Gasteiger partial charge in [0.2, 0.25) is 9.84 Å². The summed E-state index contributed by atoms with van der Waals surface area (Å²) in [5, 5.41) is 4.18. The van der Waals surface area contributed by atoms with Gasteiger partial charge in [0, 0.05) is 31.0 Å². The Morgan fingerprint density at radius 2 is 1.96 bits per heavy atom. The summed E-state index contributed by atoms with van der Waals surface area (Å²) in [6.07, 6.45) is 5.76. The van der Waals surface area contributed by atoms with Crippen LogP contribution in [0.1, 0.15) is 24.4 Å². The molecule has 1 aliphatic rings. The first-order valence-electron chi connectivity index (χ1n) is 7.27. The number of hydrogen-bond acceptors (Lipinski definition) is 4. The summed E-state index contributed by atoms with van der Waals surface area (Å²) in [5.41, 5.74) is 1.92. The van der Waals surface area contributed by atoms with Gasteiger partial charge in [0.05, 0.1) is 17.1 Å². The Kier molecular flexibility index (Phi) is 4.09. The molecule has 0 aliphatic carbocycles. The fraction of sp³-hybridized carbons (Fsp3) is 0.400. The zero-order valence-corrected chi connectivity index (χ0v) is 13.4. The summed E-state index contributed by atoms with van der Waals surface area (Å²) < 4.78 is 49.9. The third kappa shape index (κ3) is 2.95. The van der Waals surface area contributed by atoms with E-state index < -0.39 is 15.6 Å². The SMILES string of the molecule is Cn1cc(C2CCCN2c2ccc(S(=O)(=O)C(F)F)cc2)cn1. The van der Waals surface area contributed by atoms with Gasteiger partial charge >= 0.3 is 5.76 Å². The largest absolute Gasteiger partial charge is 0.364 e. The monoisotopic (exact) mass is 341 g/mol. The van der Waals surface area contributed by atoms with E-state index in [4.69, 9.17) is 0 Å². The lowest BCUT2D eigenvalue weighted by molar-refractivity contribution is 0.234. The van der Waals surface area contributed by atoms with E-state index in [0.717, 1.165) is 30.6 Å². The highest BCUT2D eigenvalue weighted by atomic mass is 32.2. The molecule has 1 aliphatic heterocycles. The van der Waals surface area contributed by atoms with Gasteiger partial charge in [-0.2, -0.15) is 13.9 Å². The number of nitrogens with zero attached hydrogens (tertiary/aromatic N) is 3. The smallest absolute Gasteiger partial charge is 0.341 e. The van der Waals surface area contributed by atoms with Gasteiger partial charge in [-0.05, 0) is 37.1 Å². The molecule has 1 unspecified atom stereocenters. The predicted molar refractivity (Wildman–Crippen MR) is 82.2 cm³/mol. The molecule has 0 bridgehead atoms. The molecule has 0 spiro atoms. The molecule has 2 heterocycles. The molecule has 1 aromatic heterocycles. The second-order valence-corrected chi connectivity index (χ2v) is 7.52. The Labute approximate surface area is 133 Å². The van der Waals surface area contributed by atoms with Gasteiger partial charge in [0.1, 0.15) is 0 Å². The van der Waals surface area contributed by atoms with Crippen molar-refractivity contribution in [3.05, 3.63) is 42.2 Å². The van der Waals surface area contributed by atoms with Crippen LogP contribution in [0.15, 0.2) is 41.6 Å². The van der Waals surface area contributed by atoms with Crippen LogP contribution < -0.4 is 4.90 Å². The fourth-order valence-corrected chi connectivity index (χ4v) is 3.69. The second-order valence-electron chi connectivity index (χ2n) is 5.60. The third-order valence-corrected chi connectivity index (χ3v) is 5.49. The first kappa shape index (κ1) is 15.9. The van der Waals surface area contributed by atoms with E-state index in [-0.39, 0.29) is 10.9 Å². The maximum Gasteiger partial charge on any atom is 0.341 e. The van der Waals surface area contributed by atoms with Gasteiger partial charge in [0.25, 0.3) is 0 Å². The molecule has 1 atom stereocenters. The molecule has 8 heteroatoms. The van der Waals surface area contributed by atoms with Crippen molar-refractivity contribution < 1.29 is 17.2 Å². The van der Waals surface area contributed by atoms with Crippen molar-refractivity contribution in [2.45, 2.75) is 29.5 Å². The Morgan fingerprint density at radius 3 is 2.52 bits per heavy atom. The number of benzene rings is 1. The van der Waals surface area contributed by atoms with Crippen LogP contribution in [0, 0.1) is 0 Å². The van der Waals surface area contributed by atoms with Crippen LogP contribution in [0.5, 0.6) is 0 Å². The molecule has 124 valence electrons. The molecule has 0 amide bonds. The number of hydrogen-bond donors (Lipinski definition) is 0. The molecule has 1 aromatic carbocycles. The summed E-state index contributed by atoms with van der Waals surface area (Å²) in [7, 11) is -2.69. The topological polar surface area (TPSA) is 55.2 Å². The van der Waals surface area contributed by atoms with Crippen LogP contribution in [0.25, 0.3) is 0 Å². The van der Waals surface area contributed by atoms with E-state index in [2.05, 4.69) is 10.00 Å². The highest BCUT2D eigenvalue weighted by molar-refractivity contribution is 7.91. The van der Waals surface area contributed by atoms with Gasteiger partial charge in [-0.25, -0.2) is 8.42 Å². The number of sulfone groups is 1. The van der Waals surface area contributed by atoms with E-state index in [1.165, 1.54) is 12.1 Å². The lowest BCUT2D eigenvalue weighted by Crippen LogP contribution is -2.22. The van der Waals surface area contributed by atoms with Crippen LogP contribution in [0.3, 0.4) is 0 Å². The van der Waals surface area contributed by atoms with E-state index >= 15 is 0 Å². The minimum absolute atomic E-state index is 0.168. The molecule has 0 saturated carbocycles. The Hall–Kier alpha value is -1.96. The quantitative estimate of drug-likeness (QED) is 0.858. The highest BCUT2D eigenvalue weighted by Gasteiger charge is 2.29. The van der Waals surface area contributed by atoms with Crippen LogP contribution in [0.2, 0.25) is 0 Å². The molecule has 0 radical (unpaired) electrons. The van der Waals surface area contributed by atoms with Gasteiger partial charge in [-0.3, -0.25) is 4.68 Å². The van der Waals surface area contributed by atoms with Gasteiger partial charge < -0.3 is 4.90 Å². The molecule has 2 aromatic rings. The number of aryl methyl sites for hydroxylation is 1. The summed E-state index contributed by atoms with van der Waals surface area (Å²) >= 11 is 0. The van der Waals surface area contributed by atoms with Gasteiger partial charge in [-0.15, -0.1) is 0 Å². The van der Waals surface area contributed by atoms with Gasteiger partial charge in [-0.1, -0.05) is 0 Å². The predicted octanol–water partition coefficient (Wildman–Crippen LogP) is 2.76. The average molecular weight is 341 g/mol. The number of rotatable bonds is 4. The highest BCUT2D eigenvalue weighted by Crippen LogP contribution is 2.36. The maximum atomic E-state index is 12.6. The standard InChI is InChI=1S/C15H17F2N3O2S/c1-19-10-11(9-18-19)14-3-2-8-20(14)12-4-6-13(7-5-12)23(21,22)15(16)17/h4-7,9-10,14-15H,2-3,8H2,1H3. The van der Waals surface area contributed by atoms with Crippen LogP contribution in [0.4, 0.5) is 14.5 Å². The molecule has 23 heavy (non-hydrogen) atoms. The lowest BCUT2D eigenvalue weighted by atomic mass is 10.1. The number of halogens is 2. The Morgan fingerprint density at radius 1 is 1.26 bits per heavy atom. The Balaban J connectivity index is 1.87. The molecule has 1 fully saturated rings. The molecular formula is C15H17F2N3O2S. The fourth-order valence-electron chi connectivity index (χ4n) is 2.96. The van der Waals surface area contributed by atoms with Crippen molar-refractivity contribution in [1.29, 1.82) is 0 Å². The summed E-state index contributed by atoms with van der Waals surface area (Å²) in [6, 6.07) is 5.83.